The predicted octanol–water partition coefficient (Wildman–Crippen LogP) is 4.94. The van der Waals surface area contributed by atoms with Gasteiger partial charge in [0.1, 0.15) is 5.75 Å². The molecule has 1 N–H and O–H groups in total. The summed E-state index contributed by atoms with van der Waals surface area (Å²) in [6, 6.07) is 16.9. The van der Waals surface area contributed by atoms with Gasteiger partial charge in [-0.15, -0.1) is 0 Å². The zero-order valence-corrected chi connectivity index (χ0v) is 14.4. The minimum atomic E-state index is 0.179. The molecular weight excluding hydrogens is 326 g/mol. The molecule has 0 spiro atoms. The summed E-state index contributed by atoms with van der Waals surface area (Å²) in [7, 11) is 0. The van der Waals surface area contributed by atoms with Crippen LogP contribution in [-0.2, 0) is 0 Å². The van der Waals surface area contributed by atoms with Crippen LogP contribution >= 0.6 is 15.9 Å². The Kier molecular flexibility index (Phi) is 5.83. The van der Waals surface area contributed by atoms with Crippen LogP contribution in [0, 0.1) is 0 Å². The molecule has 0 aliphatic rings. The summed E-state index contributed by atoms with van der Waals surface area (Å²) in [6.45, 7) is 7.11. The monoisotopic (exact) mass is 347 g/mol. The van der Waals surface area contributed by atoms with Gasteiger partial charge in [0.15, 0.2) is 0 Å². The minimum absolute atomic E-state index is 0.179. The SMILES string of the molecule is CCNC(c1ccc(OC(C)C)cc1)c1ccccc1Br. The van der Waals surface area contributed by atoms with E-state index in [9.17, 15) is 0 Å². The number of benzene rings is 2. The van der Waals surface area contributed by atoms with E-state index in [2.05, 4.69) is 58.5 Å². The standard InChI is InChI=1S/C18H22BrNO/c1-4-20-18(16-7-5-6-8-17(16)19)14-9-11-15(12-10-14)21-13(2)3/h5-13,18,20H,4H2,1-3H3. The lowest BCUT2D eigenvalue weighted by Gasteiger charge is -2.21. The van der Waals surface area contributed by atoms with Gasteiger partial charge in [0, 0.05) is 4.47 Å². The van der Waals surface area contributed by atoms with Crippen LogP contribution in [0.2, 0.25) is 0 Å². The van der Waals surface area contributed by atoms with Gasteiger partial charge in [0.05, 0.1) is 12.1 Å². The molecule has 1 unspecified atom stereocenters. The normalized spacial score (nSPS) is 12.4. The van der Waals surface area contributed by atoms with Crippen molar-refractivity contribution in [1.29, 1.82) is 0 Å². The zero-order valence-electron chi connectivity index (χ0n) is 12.8. The van der Waals surface area contributed by atoms with Gasteiger partial charge in [-0.1, -0.05) is 53.2 Å². The number of hydrogen-bond acceptors (Lipinski definition) is 2. The van der Waals surface area contributed by atoms with Crippen molar-refractivity contribution in [2.75, 3.05) is 6.54 Å². The van der Waals surface area contributed by atoms with Crippen molar-refractivity contribution in [1.82, 2.24) is 5.32 Å². The first-order valence-electron chi connectivity index (χ1n) is 7.36. The molecule has 0 saturated carbocycles. The fourth-order valence-corrected chi connectivity index (χ4v) is 2.85. The van der Waals surface area contributed by atoms with E-state index in [0.29, 0.717) is 0 Å². The van der Waals surface area contributed by atoms with Crippen LogP contribution in [0.1, 0.15) is 37.9 Å². The van der Waals surface area contributed by atoms with Crippen LogP contribution < -0.4 is 10.1 Å². The molecule has 0 aromatic heterocycles. The van der Waals surface area contributed by atoms with Gasteiger partial charge >= 0.3 is 0 Å². The van der Waals surface area contributed by atoms with Crippen LogP contribution in [0.3, 0.4) is 0 Å². The Hall–Kier alpha value is -1.32. The average Bonchev–Trinajstić information content (AvgIpc) is 2.46. The second-order valence-electron chi connectivity index (χ2n) is 5.25. The number of ether oxygens (including phenoxy) is 1. The quantitative estimate of drug-likeness (QED) is 0.799. The molecule has 2 aromatic rings. The molecule has 0 aliphatic carbocycles. The number of halogens is 1. The number of rotatable bonds is 6. The van der Waals surface area contributed by atoms with Crippen LogP contribution in [0.5, 0.6) is 5.75 Å². The Morgan fingerprint density at radius 2 is 1.71 bits per heavy atom. The molecule has 0 aliphatic heterocycles. The van der Waals surface area contributed by atoms with Crippen molar-refractivity contribution in [2.24, 2.45) is 0 Å². The maximum atomic E-state index is 5.71. The molecular formula is C18H22BrNO. The highest BCUT2D eigenvalue weighted by atomic mass is 79.9. The van der Waals surface area contributed by atoms with Gasteiger partial charge < -0.3 is 10.1 Å². The fraction of sp³-hybridized carbons (Fsp3) is 0.333. The fourth-order valence-electron chi connectivity index (χ4n) is 2.33. The molecule has 0 fully saturated rings. The maximum Gasteiger partial charge on any atom is 0.119 e. The molecule has 0 amide bonds. The van der Waals surface area contributed by atoms with Crippen molar-refractivity contribution in [3.8, 4) is 5.75 Å². The second kappa shape index (κ2) is 7.62. The Labute approximate surface area is 135 Å². The van der Waals surface area contributed by atoms with Gasteiger partial charge in [0.25, 0.3) is 0 Å². The van der Waals surface area contributed by atoms with Crippen LogP contribution in [0.15, 0.2) is 53.0 Å². The summed E-state index contributed by atoms with van der Waals surface area (Å²) >= 11 is 3.65. The first kappa shape index (κ1) is 16.1. The first-order chi connectivity index (χ1) is 10.1. The van der Waals surface area contributed by atoms with Crippen LogP contribution in [0.4, 0.5) is 0 Å². The van der Waals surface area contributed by atoms with E-state index in [1.54, 1.807) is 0 Å². The molecule has 3 heteroatoms. The lowest BCUT2D eigenvalue weighted by atomic mass is 9.98. The summed E-state index contributed by atoms with van der Waals surface area (Å²) in [5.74, 6) is 0.913. The lowest BCUT2D eigenvalue weighted by Crippen LogP contribution is -2.22. The van der Waals surface area contributed by atoms with Crippen molar-refractivity contribution in [3.63, 3.8) is 0 Å². The molecule has 0 radical (unpaired) electrons. The van der Waals surface area contributed by atoms with Crippen molar-refractivity contribution in [2.45, 2.75) is 32.9 Å². The van der Waals surface area contributed by atoms with Crippen LogP contribution in [-0.4, -0.2) is 12.6 Å². The molecule has 2 aromatic carbocycles. The highest BCUT2D eigenvalue weighted by molar-refractivity contribution is 9.10. The van der Waals surface area contributed by atoms with E-state index in [1.807, 2.05) is 32.0 Å². The smallest absolute Gasteiger partial charge is 0.119 e. The summed E-state index contributed by atoms with van der Waals surface area (Å²) in [5.41, 5.74) is 2.48. The second-order valence-corrected chi connectivity index (χ2v) is 6.10. The first-order valence-corrected chi connectivity index (χ1v) is 8.15. The Morgan fingerprint density at radius 1 is 1.05 bits per heavy atom. The largest absolute Gasteiger partial charge is 0.491 e. The summed E-state index contributed by atoms with van der Waals surface area (Å²) in [6.07, 6.45) is 0.198. The summed E-state index contributed by atoms with van der Waals surface area (Å²) in [5, 5.41) is 3.55. The maximum absolute atomic E-state index is 5.71. The third kappa shape index (κ3) is 4.32. The molecule has 2 nitrogen and oxygen atoms in total. The van der Waals surface area contributed by atoms with Crippen molar-refractivity contribution < 1.29 is 4.74 Å². The molecule has 0 saturated heterocycles. The molecule has 21 heavy (non-hydrogen) atoms. The van der Waals surface area contributed by atoms with Gasteiger partial charge in [-0.3, -0.25) is 0 Å². The van der Waals surface area contributed by atoms with E-state index in [-0.39, 0.29) is 12.1 Å². The van der Waals surface area contributed by atoms with Gasteiger partial charge in [-0.2, -0.15) is 0 Å². The Balaban J connectivity index is 2.28. The molecule has 0 heterocycles. The highest BCUT2D eigenvalue weighted by Gasteiger charge is 2.15. The molecule has 112 valence electrons. The van der Waals surface area contributed by atoms with Crippen molar-refractivity contribution >= 4 is 15.9 Å². The van der Waals surface area contributed by atoms with E-state index in [4.69, 9.17) is 4.74 Å². The summed E-state index contributed by atoms with van der Waals surface area (Å²) < 4.78 is 6.83. The highest BCUT2D eigenvalue weighted by Crippen LogP contribution is 2.29. The van der Waals surface area contributed by atoms with E-state index in [1.165, 1.54) is 11.1 Å². The Morgan fingerprint density at radius 3 is 2.29 bits per heavy atom. The Bertz CT molecular complexity index is 566. The average molecular weight is 348 g/mol. The third-order valence-electron chi connectivity index (χ3n) is 3.21. The topological polar surface area (TPSA) is 21.3 Å². The minimum Gasteiger partial charge on any atom is -0.491 e. The summed E-state index contributed by atoms with van der Waals surface area (Å²) in [4.78, 5) is 0. The number of nitrogens with one attached hydrogen (secondary N) is 1. The van der Waals surface area contributed by atoms with Gasteiger partial charge in [0.2, 0.25) is 0 Å². The lowest BCUT2D eigenvalue weighted by molar-refractivity contribution is 0.242. The third-order valence-corrected chi connectivity index (χ3v) is 3.93. The predicted molar refractivity (Wildman–Crippen MR) is 91.9 cm³/mol. The van der Waals surface area contributed by atoms with E-state index < -0.39 is 0 Å². The number of hydrogen-bond donors (Lipinski definition) is 1. The van der Waals surface area contributed by atoms with Gasteiger partial charge in [-0.05, 0) is 49.7 Å². The molecule has 2 rings (SSSR count). The molecule has 1 atom stereocenters. The van der Waals surface area contributed by atoms with Crippen LogP contribution in [0.25, 0.3) is 0 Å². The van der Waals surface area contributed by atoms with E-state index >= 15 is 0 Å². The molecule has 0 bridgehead atoms. The van der Waals surface area contributed by atoms with Crippen molar-refractivity contribution in [3.05, 3.63) is 64.1 Å². The zero-order chi connectivity index (χ0) is 15.2. The van der Waals surface area contributed by atoms with E-state index in [0.717, 1.165) is 16.8 Å². The van der Waals surface area contributed by atoms with Gasteiger partial charge in [-0.25, -0.2) is 0 Å².